The van der Waals surface area contributed by atoms with Gasteiger partial charge in [-0.25, -0.2) is 9.79 Å². The molecule has 0 fully saturated rings. The first kappa shape index (κ1) is 24.2. The Labute approximate surface area is 201 Å². The Bertz CT molecular complexity index is 1100. The fraction of sp³-hybridized carbons (Fsp3) is 0.261. The number of aryl methyl sites for hydroxylation is 1. The Kier molecular flexibility index (Phi) is 8.23. The van der Waals surface area contributed by atoms with Crippen LogP contribution in [0.3, 0.4) is 0 Å². The molecule has 0 spiro atoms. The number of rotatable bonds is 6. The number of benzene rings is 2. The van der Waals surface area contributed by atoms with Gasteiger partial charge in [0.25, 0.3) is 0 Å². The molecule has 32 heavy (non-hydrogen) atoms. The molecular weight excluding hydrogens is 469 g/mol. The summed E-state index contributed by atoms with van der Waals surface area (Å²) in [6, 6.07) is 12.1. The first-order valence-electron chi connectivity index (χ1n) is 9.96. The van der Waals surface area contributed by atoms with E-state index in [0.29, 0.717) is 32.0 Å². The second-order valence-corrected chi connectivity index (χ2v) is 8.76. The molecule has 0 unspecified atom stereocenters. The van der Waals surface area contributed by atoms with Crippen molar-refractivity contribution in [3.63, 3.8) is 0 Å². The third-order valence-electron chi connectivity index (χ3n) is 4.75. The van der Waals surface area contributed by atoms with E-state index >= 15 is 0 Å². The smallest absolute Gasteiger partial charge is 0.338 e. The number of para-hydroxylation sites is 1. The van der Waals surface area contributed by atoms with Crippen LogP contribution in [0.5, 0.6) is 0 Å². The standard InChI is InChI=1S/C23H23Cl2N3O3S/c1-4-31-22(30)19-14(3)26-23(28-21(19)15-9-7-10-16(24)20(15)25)32-12-18(29)27-17-11-6-5-8-13(17)2/h5-11,21H,4,12H2,1-3H3,(H,26,28)(H,27,29)/t21-/m1/s1. The molecule has 2 N–H and O–H groups in total. The molecule has 3 rings (SSSR count). The Balaban J connectivity index is 1.83. The number of ether oxygens (including phenoxy) is 1. The number of hydrogen-bond acceptors (Lipinski definition) is 6. The minimum atomic E-state index is -0.705. The van der Waals surface area contributed by atoms with Crippen molar-refractivity contribution in [1.82, 2.24) is 5.32 Å². The predicted octanol–water partition coefficient (Wildman–Crippen LogP) is 5.51. The van der Waals surface area contributed by atoms with Gasteiger partial charge in [0.05, 0.1) is 28.0 Å². The number of nitrogens with zero attached hydrogens (tertiary/aromatic N) is 1. The molecule has 168 valence electrons. The van der Waals surface area contributed by atoms with E-state index in [-0.39, 0.29) is 18.3 Å². The van der Waals surface area contributed by atoms with Crippen LogP contribution < -0.4 is 10.6 Å². The number of carbonyl (C=O) groups is 2. The van der Waals surface area contributed by atoms with Crippen LogP contribution in [-0.2, 0) is 14.3 Å². The molecule has 2 aromatic rings. The summed E-state index contributed by atoms with van der Waals surface area (Å²) in [6.45, 7) is 5.67. The van der Waals surface area contributed by atoms with Gasteiger partial charge in [-0.05, 0) is 38.5 Å². The molecule has 6 nitrogen and oxygen atoms in total. The van der Waals surface area contributed by atoms with Crippen LogP contribution in [0.15, 0.2) is 58.7 Å². The number of hydrogen-bond donors (Lipinski definition) is 2. The highest BCUT2D eigenvalue weighted by Crippen LogP contribution is 2.39. The zero-order chi connectivity index (χ0) is 23.3. The number of carbonyl (C=O) groups excluding carboxylic acids is 2. The number of esters is 1. The third-order valence-corrected chi connectivity index (χ3v) is 6.47. The molecule has 0 bridgehead atoms. The van der Waals surface area contributed by atoms with Crippen LogP contribution in [0.4, 0.5) is 5.69 Å². The third kappa shape index (κ3) is 5.65. The molecular formula is C23H23Cl2N3O3S. The SMILES string of the molecule is CCOC(=O)C1=C(C)NC(SCC(=O)Nc2ccccc2C)=N[C@@H]1c1cccc(Cl)c1Cl. The van der Waals surface area contributed by atoms with Gasteiger partial charge in [-0.2, -0.15) is 0 Å². The lowest BCUT2D eigenvalue weighted by Gasteiger charge is -2.26. The van der Waals surface area contributed by atoms with Gasteiger partial charge in [-0.3, -0.25) is 4.79 Å². The van der Waals surface area contributed by atoms with E-state index in [1.54, 1.807) is 32.0 Å². The van der Waals surface area contributed by atoms with Crippen molar-refractivity contribution in [1.29, 1.82) is 0 Å². The summed E-state index contributed by atoms with van der Waals surface area (Å²) in [5, 5.41) is 7.19. The Morgan fingerprint density at radius 1 is 1.16 bits per heavy atom. The molecule has 1 amide bonds. The second-order valence-electron chi connectivity index (χ2n) is 7.02. The van der Waals surface area contributed by atoms with Crippen molar-refractivity contribution in [3.05, 3.63) is 74.9 Å². The highest BCUT2D eigenvalue weighted by atomic mass is 35.5. The van der Waals surface area contributed by atoms with E-state index in [0.717, 1.165) is 11.3 Å². The van der Waals surface area contributed by atoms with Crippen LogP contribution in [0.25, 0.3) is 0 Å². The molecule has 1 heterocycles. The zero-order valence-corrected chi connectivity index (χ0v) is 20.2. The molecule has 0 radical (unpaired) electrons. The van der Waals surface area contributed by atoms with Crippen LogP contribution in [0, 0.1) is 6.92 Å². The van der Waals surface area contributed by atoms with Gasteiger partial charge in [0, 0.05) is 16.9 Å². The molecule has 9 heteroatoms. The van der Waals surface area contributed by atoms with Gasteiger partial charge in [-0.1, -0.05) is 65.3 Å². The van der Waals surface area contributed by atoms with E-state index in [1.165, 1.54) is 11.8 Å². The summed E-state index contributed by atoms with van der Waals surface area (Å²) in [5.74, 6) is -0.509. The molecule has 1 aliphatic rings. The molecule has 0 saturated carbocycles. The van der Waals surface area contributed by atoms with Crippen LogP contribution in [0.2, 0.25) is 10.0 Å². The van der Waals surface area contributed by atoms with Gasteiger partial charge in [0.2, 0.25) is 5.91 Å². The summed E-state index contributed by atoms with van der Waals surface area (Å²) in [7, 11) is 0. The summed E-state index contributed by atoms with van der Waals surface area (Å²) < 4.78 is 5.23. The molecule has 1 aliphatic heterocycles. The van der Waals surface area contributed by atoms with E-state index in [2.05, 4.69) is 15.6 Å². The molecule has 0 aromatic heterocycles. The Morgan fingerprint density at radius 2 is 1.91 bits per heavy atom. The Hall–Kier alpha value is -2.48. The average molecular weight is 492 g/mol. The highest BCUT2D eigenvalue weighted by Gasteiger charge is 2.32. The fourth-order valence-electron chi connectivity index (χ4n) is 3.18. The minimum Gasteiger partial charge on any atom is -0.463 e. The maximum absolute atomic E-state index is 12.7. The quantitative estimate of drug-likeness (QED) is 0.520. The first-order chi connectivity index (χ1) is 15.3. The first-order valence-corrected chi connectivity index (χ1v) is 11.7. The van der Waals surface area contributed by atoms with Crippen LogP contribution in [0.1, 0.15) is 31.0 Å². The lowest BCUT2D eigenvalue weighted by Crippen LogP contribution is -2.31. The summed E-state index contributed by atoms with van der Waals surface area (Å²) in [6.07, 6.45) is 0. The monoisotopic (exact) mass is 491 g/mol. The highest BCUT2D eigenvalue weighted by molar-refractivity contribution is 8.14. The van der Waals surface area contributed by atoms with Crippen molar-refractivity contribution in [2.75, 3.05) is 17.7 Å². The maximum Gasteiger partial charge on any atom is 0.338 e. The number of aliphatic imine (C=N–C) groups is 1. The summed E-state index contributed by atoms with van der Waals surface area (Å²) in [4.78, 5) is 29.8. The number of anilines is 1. The predicted molar refractivity (Wildman–Crippen MR) is 131 cm³/mol. The van der Waals surface area contributed by atoms with Gasteiger partial charge in [0.1, 0.15) is 6.04 Å². The normalized spacial score (nSPS) is 15.7. The van der Waals surface area contributed by atoms with Gasteiger partial charge in [-0.15, -0.1) is 0 Å². The molecule has 0 saturated heterocycles. The number of halogens is 2. The summed E-state index contributed by atoms with van der Waals surface area (Å²) in [5.41, 5.74) is 3.27. The van der Waals surface area contributed by atoms with E-state index in [4.69, 9.17) is 27.9 Å². The minimum absolute atomic E-state index is 0.137. The van der Waals surface area contributed by atoms with E-state index < -0.39 is 12.0 Å². The number of amides is 1. The van der Waals surface area contributed by atoms with Gasteiger partial charge >= 0.3 is 5.97 Å². The van der Waals surface area contributed by atoms with E-state index in [9.17, 15) is 9.59 Å². The lowest BCUT2D eigenvalue weighted by atomic mass is 9.96. The van der Waals surface area contributed by atoms with Gasteiger partial charge < -0.3 is 15.4 Å². The van der Waals surface area contributed by atoms with Crippen molar-refractivity contribution >= 4 is 57.7 Å². The number of thioether (sulfide) groups is 1. The van der Waals surface area contributed by atoms with Crippen LogP contribution in [-0.4, -0.2) is 29.4 Å². The van der Waals surface area contributed by atoms with E-state index in [1.807, 2.05) is 31.2 Å². The van der Waals surface area contributed by atoms with Crippen molar-refractivity contribution in [3.8, 4) is 0 Å². The number of nitrogens with one attached hydrogen (secondary N) is 2. The summed E-state index contributed by atoms with van der Waals surface area (Å²) >= 11 is 13.9. The number of allylic oxidation sites excluding steroid dienone is 1. The van der Waals surface area contributed by atoms with Crippen LogP contribution >= 0.6 is 35.0 Å². The zero-order valence-electron chi connectivity index (χ0n) is 17.9. The molecule has 0 aliphatic carbocycles. The Morgan fingerprint density at radius 3 is 2.62 bits per heavy atom. The van der Waals surface area contributed by atoms with Crippen molar-refractivity contribution in [2.24, 2.45) is 4.99 Å². The maximum atomic E-state index is 12.7. The van der Waals surface area contributed by atoms with Gasteiger partial charge in [0.15, 0.2) is 5.17 Å². The molecule has 2 aromatic carbocycles. The lowest BCUT2D eigenvalue weighted by molar-refractivity contribution is -0.139. The largest absolute Gasteiger partial charge is 0.463 e. The topological polar surface area (TPSA) is 79.8 Å². The van der Waals surface area contributed by atoms with Crippen molar-refractivity contribution in [2.45, 2.75) is 26.8 Å². The number of amidine groups is 1. The van der Waals surface area contributed by atoms with Crippen molar-refractivity contribution < 1.29 is 14.3 Å². The average Bonchev–Trinajstić information content (AvgIpc) is 2.75. The fourth-order valence-corrected chi connectivity index (χ4v) is 4.34. The molecule has 1 atom stereocenters. The second kappa shape index (κ2) is 10.9.